The van der Waals surface area contributed by atoms with Gasteiger partial charge in [-0.25, -0.2) is 9.97 Å². The van der Waals surface area contributed by atoms with Crippen LogP contribution in [0.2, 0.25) is 0 Å². The molecule has 0 radical (unpaired) electrons. The molecule has 5 nitrogen and oxygen atoms in total. The summed E-state index contributed by atoms with van der Waals surface area (Å²) in [5, 5.41) is 3.43. The summed E-state index contributed by atoms with van der Waals surface area (Å²) >= 11 is 0. The minimum atomic E-state index is 0.339. The molecule has 0 aromatic carbocycles. The molecule has 5 heteroatoms. The molecule has 114 valence electrons. The average Bonchev–Trinajstić information content (AvgIpc) is 2.42. The van der Waals surface area contributed by atoms with E-state index in [1.165, 1.54) is 0 Å². The van der Waals surface area contributed by atoms with Crippen molar-refractivity contribution in [1.29, 1.82) is 0 Å². The lowest BCUT2D eigenvalue weighted by molar-refractivity contribution is 0.206. The van der Waals surface area contributed by atoms with Crippen LogP contribution < -0.4 is 10.2 Å². The van der Waals surface area contributed by atoms with E-state index in [-0.39, 0.29) is 0 Å². The van der Waals surface area contributed by atoms with E-state index in [0.29, 0.717) is 18.6 Å². The molecule has 0 saturated carbocycles. The highest BCUT2D eigenvalue weighted by Crippen LogP contribution is 2.19. The summed E-state index contributed by atoms with van der Waals surface area (Å²) in [6.45, 7) is 10.8. The molecule has 0 unspecified atom stereocenters. The molecule has 0 spiro atoms. The van der Waals surface area contributed by atoms with E-state index < -0.39 is 0 Å². The standard InChI is InChI=1S/C15H28N4O/c1-11(2)15-17-10-14(19(5)7-8-20-6)13(18-15)9-16-12(3)4/h10-12,16H,7-9H2,1-6H3. The summed E-state index contributed by atoms with van der Waals surface area (Å²) in [6, 6.07) is 0.435. The molecule has 1 N–H and O–H groups in total. The molecule has 1 rings (SSSR count). The van der Waals surface area contributed by atoms with Crippen molar-refractivity contribution in [2.75, 3.05) is 32.2 Å². The lowest BCUT2D eigenvalue weighted by Crippen LogP contribution is -2.28. The number of methoxy groups -OCH3 is 1. The Morgan fingerprint density at radius 2 is 2.00 bits per heavy atom. The van der Waals surface area contributed by atoms with Crippen LogP contribution in [0.3, 0.4) is 0 Å². The third kappa shape index (κ3) is 5.06. The van der Waals surface area contributed by atoms with Gasteiger partial charge < -0.3 is 15.0 Å². The molecule has 0 bridgehead atoms. The van der Waals surface area contributed by atoms with Gasteiger partial charge in [-0.2, -0.15) is 0 Å². The third-order valence-corrected chi connectivity index (χ3v) is 3.10. The van der Waals surface area contributed by atoms with Gasteiger partial charge in [0.25, 0.3) is 0 Å². The van der Waals surface area contributed by atoms with Gasteiger partial charge in [0.2, 0.25) is 0 Å². The highest BCUT2D eigenvalue weighted by Gasteiger charge is 2.13. The Morgan fingerprint density at radius 1 is 1.30 bits per heavy atom. The van der Waals surface area contributed by atoms with Gasteiger partial charge in [-0.15, -0.1) is 0 Å². The van der Waals surface area contributed by atoms with E-state index in [2.05, 4.69) is 42.9 Å². The van der Waals surface area contributed by atoms with Crippen molar-refractivity contribution in [3.63, 3.8) is 0 Å². The zero-order valence-corrected chi connectivity index (χ0v) is 13.6. The van der Waals surface area contributed by atoms with E-state index >= 15 is 0 Å². The maximum absolute atomic E-state index is 5.14. The van der Waals surface area contributed by atoms with Crippen LogP contribution in [0.1, 0.15) is 45.1 Å². The van der Waals surface area contributed by atoms with E-state index in [0.717, 1.165) is 30.3 Å². The lowest BCUT2D eigenvalue weighted by Gasteiger charge is -2.22. The fraction of sp³-hybridized carbons (Fsp3) is 0.733. The van der Waals surface area contributed by atoms with Gasteiger partial charge in [0.1, 0.15) is 5.82 Å². The lowest BCUT2D eigenvalue weighted by atomic mass is 10.2. The Labute approximate surface area is 122 Å². The van der Waals surface area contributed by atoms with Crippen molar-refractivity contribution < 1.29 is 4.74 Å². The predicted octanol–water partition coefficient (Wildman–Crippen LogP) is 2.18. The molecule has 0 fully saturated rings. The number of ether oxygens (including phenoxy) is 1. The Balaban J connectivity index is 2.95. The minimum absolute atomic E-state index is 0.339. The smallest absolute Gasteiger partial charge is 0.131 e. The van der Waals surface area contributed by atoms with E-state index in [1.807, 2.05) is 13.2 Å². The number of nitrogens with one attached hydrogen (secondary N) is 1. The van der Waals surface area contributed by atoms with Gasteiger partial charge in [0, 0.05) is 39.2 Å². The van der Waals surface area contributed by atoms with Gasteiger partial charge in [0.05, 0.1) is 24.2 Å². The summed E-state index contributed by atoms with van der Waals surface area (Å²) in [6.07, 6.45) is 1.93. The number of rotatable bonds is 8. The molecule has 20 heavy (non-hydrogen) atoms. The molecular formula is C15H28N4O. The van der Waals surface area contributed by atoms with Crippen LogP contribution in [0.5, 0.6) is 0 Å². The zero-order chi connectivity index (χ0) is 15.1. The van der Waals surface area contributed by atoms with Crippen LogP contribution in [-0.4, -0.2) is 43.3 Å². The van der Waals surface area contributed by atoms with Gasteiger partial charge >= 0.3 is 0 Å². The number of hydrogen-bond donors (Lipinski definition) is 1. The minimum Gasteiger partial charge on any atom is -0.383 e. The maximum atomic E-state index is 5.14. The van der Waals surface area contributed by atoms with Crippen molar-refractivity contribution in [1.82, 2.24) is 15.3 Å². The van der Waals surface area contributed by atoms with Crippen LogP contribution in [0.15, 0.2) is 6.20 Å². The van der Waals surface area contributed by atoms with Crippen LogP contribution in [0, 0.1) is 0 Å². The van der Waals surface area contributed by atoms with E-state index in [4.69, 9.17) is 9.72 Å². The van der Waals surface area contributed by atoms with Gasteiger partial charge in [-0.3, -0.25) is 0 Å². The topological polar surface area (TPSA) is 50.3 Å². The third-order valence-electron chi connectivity index (χ3n) is 3.10. The number of aromatic nitrogens is 2. The Kier molecular flexibility index (Phi) is 6.88. The summed E-state index contributed by atoms with van der Waals surface area (Å²) in [4.78, 5) is 11.3. The zero-order valence-electron chi connectivity index (χ0n) is 13.6. The van der Waals surface area contributed by atoms with Crippen LogP contribution in [-0.2, 0) is 11.3 Å². The first-order valence-electron chi connectivity index (χ1n) is 7.25. The molecule has 0 aliphatic heterocycles. The second-order valence-electron chi connectivity index (χ2n) is 5.66. The fourth-order valence-electron chi connectivity index (χ4n) is 1.80. The number of hydrogen-bond acceptors (Lipinski definition) is 5. The molecule has 0 saturated heterocycles. The van der Waals surface area contributed by atoms with Crippen molar-refractivity contribution >= 4 is 5.69 Å². The van der Waals surface area contributed by atoms with Crippen LogP contribution in [0.4, 0.5) is 5.69 Å². The molecular weight excluding hydrogens is 252 g/mol. The second-order valence-corrected chi connectivity index (χ2v) is 5.66. The van der Waals surface area contributed by atoms with Crippen molar-refractivity contribution in [2.45, 2.75) is 46.2 Å². The predicted molar refractivity (Wildman–Crippen MR) is 83.2 cm³/mol. The Bertz CT molecular complexity index is 407. The summed E-state index contributed by atoms with van der Waals surface area (Å²) in [5.74, 6) is 1.24. The first-order chi connectivity index (χ1) is 9.45. The van der Waals surface area contributed by atoms with E-state index in [9.17, 15) is 0 Å². The molecule has 1 heterocycles. The highest BCUT2D eigenvalue weighted by molar-refractivity contribution is 5.48. The summed E-state index contributed by atoms with van der Waals surface area (Å²) < 4.78 is 5.14. The fourth-order valence-corrected chi connectivity index (χ4v) is 1.80. The SMILES string of the molecule is COCCN(C)c1cnc(C(C)C)nc1CNC(C)C. The first kappa shape index (κ1) is 16.9. The monoisotopic (exact) mass is 280 g/mol. The summed E-state index contributed by atoms with van der Waals surface area (Å²) in [7, 11) is 3.76. The van der Waals surface area contributed by atoms with E-state index in [1.54, 1.807) is 7.11 Å². The molecule has 1 aromatic rings. The van der Waals surface area contributed by atoms with Gasteiger partial charge in [0.15, 0.2) is 0 Å². The quantitative estimate of drug-likeness (QED) is 0.791. The van der Waals surface area contributed by atoms with Gasteiger partial charge in [-0.05, 0) is 0 Å². The Morgan fingerprint density at radius 3 is 2.55 bits per heavy atom. The van der Waals surface area contributed by atoms with Crippen molar-refractivity contribution in [2.24, 2.45) is 0 Å². The maximum Gasteiger partial charge on any atom is 0.131 e. The average molecular weight is 280 g/mol. The van der Waals surface area contributed by atoms with Crippen molar-refractivity contribution in [3.05, 3.63) is 17.7 Å². The van der Waals surface area contributed by atoms with Crippen LogP contribution >= 0.6 is 0 Å². The highest BCUT2D eigenvalue weighted by atomic mass is 16.5. The van der Waals surface area contributed by atoms with Crippen molar-refractivity contribution in [3.8, 4) is 0 Å². The number of anilines is 1. The second kappa shape index (κ2) is 8.17. The molecule has 0 atom stereocenters. The van der Waals surface area contributed by atoms with Crippen LogP contribution in [0.25, 0.3) is 0 Å². The molecule has 0 aliphatic rings. The summed E-state index contributed by atoms with van der Waals surface area (Å²) in [5.41, 5.74) is 2.12. The van der Waals surface area contributed by atoms with Gasteiger partial charge in [-0.1, -0.05) is 27.7 Å². The largest absolute Gasteiger partial charge is 0.383 e. The molecule has 0 amide bonds. The Hall–Kier alpha value is -1.20. The normalized spacial score (nSPS) is 11.4. The molecule has 1 aromatic heterocycles. The number of likely N-dealkylation sites (N-methyl/N-ethyl adjacent to an activating group) is 1. The molecule has 0 aliphatic carbocycles. The number of nitrogens with zero attached hydrogens (tertiary/aromatic N) is 3. The first-order valence-corrected chi connectivity index (χ1v) is 7.25.